The molecule has 1 heteroatoms. The van der Waals surface area contributed by atoms with E-state index < -0.39 is 6.17 Å². The molecule has 116 valence electrons. The topological polar surface area (TPSA) is 0 Å². The highest BCUT2D eigenvalue weighted by Gasteiger charge is 2.03. The Morgan fingerprint density at radius 1 is 0.526 bits per heavy atom. The summed E-state index contributed by atoms with van der Waals surface area (Å²) in [4.78, 5) is 0. The van der Waals surface area contributed by atoms with Gasteiger partial charge in [0, 0.05) is 0 Å². The smallest absolute Gasteiger partial charge is 0.100 e. The Morgan fingerprint density at radius 2 is 0.947 bits per heavy atom. The molecule has 0 bridgehead atoms. The van der Waals surface area contributed by atoms with Crippen LogP contribution in [-0.2, 0) is 0 Å². The van der Waals surface area contributed by atoms with E-state index in [0.717, 1.165) is 25.7 Å². The van der Waals surface area contributed by atoms with Gasteiger partial charge in [-0.25, -0.2) is 4.39 Å². The van der Waals surface area contributed by atoms with Crippen LogP contribution >= 0.6 is 0 Å². The molecule has 0 aliphatic heterocycles. The Bertz CT molecular complexity index is 156. The zero-order valence-electron chi connectivity index (χ0n) is 13.6. The van der Waals surface area contributed by atoms with Gasteiger partial charge in [-0.05, 0) is 12.8 Å². The second-order valence-corrected chi connectivity index (χ2v) is 6.06. The maximum absolute atomic E-state index is 13.2. The number of alkyl halides is 1. The molecule has 0 saturated heterocycles. The minimum absolute atomic E-state index is 0.534. The van der Waals surface area contributed by atoms with E-state index in [1.165, 1.54) is 70.6 Å². The lowest BCUT2D eigenvalue weighted by Gasteiger charge is -2.06. The first-order valence-electron chi connectivity index (χ1n) is 8.95. The van der Waals surface area contributed by atoms with Crippen molar-refractivity contribution in [2.24, 2.45) is 0 Å². The summed E-state index contributed by atoms with van der Waals surface area (Å²) < 4.78 is 13.2. The van der Waals surface area contributed by atoms with Crippen molar-refractivity contribution in [3.8, 4) is 0 Å². The van der Waals surface area contributed by atoms with Crippen LogP contribution in [0.1, 0.15) is 110 Å². The third kappa shape index (κ3) is 15.9. The van der Waals surface area contributed by atoms with Crippen LogP contribution in [0.25, 0.3) is 0 Å². The standard InChI is InChI=1S/C18H37F/c1-3-5-6-7-8-9-10-11-12-13-14-15-17-18(19)16-4-2/h18H,3-17H2,1-2H3. The van der Waals surface area contributed by atoms with Crippen molar-refractivity contribution < 1.29 is 4.39 Å². The summed E-state index contributed by atoms with van der Waals surface area (Å²) in [6, 6.07) is 0. The number of halogens is 1. The Morgan fingerprint density at radius 3 is 1.37 bits per heavy atom. The van der Waals surface area contributed by atoms with Crippen LogP contribution < -0.4 is 0 Å². The SMILES string of the molecule is CCCCCCCCCCCCCCC(F)CCC. The molecule has 0 heterocycles. The van der Waals surface area contributed by atoms with Gasteiger partial charge in [0.2, 0.25) is 0 Å². The van der Waals surface area contributed by atoms with Crippen molar-refractivity contribution in [1.82, 2.24) is 0 Å². The molecule has 0 fully saturated rings. The van der Waals surface area contributed by atoms with E-state index in [4.69, 9.17) is 0 Å². The summed E-state index contributed by atoms with van der Waals surface area (Å²) in [7, 11) is 0. The van der Waals surface area contributed by atoms with Gasteiger partial charge in [-0.1, -0.05) is 97.3 Å². The molecule has 0 saturated carbocycles. The van der Waals surface area contributed by atoms with Crippen molar-refractivity contribution in [3.63, 3.8) is 0 Å². The molecule has 0 radical (unpaired) electrons. The Balaban J connectivity index is 2.99. The van der Waals surface area contributed by atoms with Gasteiger partial charge in [-0.15, -0.1) is 0 Å². The van der Waals surface area contributed by atoms with E-state index in [1.807, 2.05) is 0 Å². The van der Waals surface area contributed by atoms with Crippen LogP contribution in [-0.4, -0.2) is 6.17 Å². The van der Waals surface area contributed by atoms with E-state index in [1.54, 1.807) is 0 Å². The monoisotopic (exact) mass is 272 g/mol. The summed E-state index contributed by atoms with van der Waals surface area (Å²) in [6.07, 6.45) is 18.3. The highest BCUT2D eigenvalue weighted by atomic mass is 19.1. The van der Waals surface area contributed by atoms with Crippen molar-refractivity contribution in [3.05, 3.63) is 0 Å². The van der Waals surface area contributed by atoms with E-state index in [2.05, 4.69) is 13.8 Å². The molecule has 1 atom stereocenters. The molecule has 1 unspecified atom stereocenters. The van der Waals surface area contributed by atoms with Crippen LogP contribution in [0.2, 0.25) is 0 Å². The molecule has 0 N–H and O–H groups in total. The normalized spacial score (nSPS) is 12.8. The van der Waals surface area contributed by atoms with Gasteiger partial charge in [-0.2, -0.15) is 0 Å². The largest absolute Gasteiger partial charge is 0.247 e. The van der Waals surface area contributed by atoms with Gasteiger partial charge in [0.1, 0.15) is 6.17 Å². The Kier molecular flexibility index (Phi) is 15.9. The number of hydrogen-bond donors (Lipinski definition) is 0. The quantitative estimate of drug-likeness (QED) is 0.276. The van der Waals surface area contributed by atoms with Crippen molar-refractivity contribution in [2.75, 3.05) is 0 Å². The third-order valence-electron chi connectivity index (χ3n) is 3.97. The molecular formula is C18H37F. The maximum Gasteiger partial charge on any atom is 0.100 e. The first kappa shape index (κ1) is 18.9. The summed E-state index contributed by atoms with van der Waals surface area (Å²) >= 11 is 0. The zero-order chi connectivity index (χ0) is 14.2. The predicted octanol–water partition coefficient (Wildman–Crippen LogP) is 7.22. The van der Waals surface area contributed by atoms with Gasteiger partial charge in [-0.3, -0.25) is 0 Å². The lowest BCUT2D eigenvalue weighted by molar-refractivity contribution is 0.285. The average Bonchev–Trinajstić information content (AvgIpc) is 2.40. The average molecular weight is 272 g/mol. The molecule has 0 nitrogen and oxygen atoms in total. The van der Waals surface area contributed by atoms with Crippen LogP contribution in [0.15, 0.2) is 0 Å². The Hall–Kier alpha value is -0.0700. The minimum Gasteiger partial charge on any atom is -0.247 e. The fourth-order valence-electron chi connectivity index (χ4n) is 2.66. The molecule has 0 spiro atoms. The summed E-state index contributed by atoms with van der Waals surface area (Å²) in [6.45, 7) is 4.34. The van der Waals surface area contributed by atoms with Crippen molar-refractivity contribution >= 4 is 0 Å². The first-order chi connectivity index (χ1) is 9.31. The lowest BCUT2D eigenvalue weighted by atomic mass is 10.0. The summed E-state index contributed by atoms with van der Waals surface area (Å²) in [5.74, 6) is 0. The number of unbranched alkanes of at least 4 members (excludes halogenated alkanes) is 11. The van der Waals surface area contributed by atoms with E-state index in [9.17, 15) is 4.39 Å². The number of hydrogen-bond acceptors (Lipinski definition) is 0. The van der Waals surface area contributed by atoms with Gasteiger partial charge >= 0.3 is 0 Å². The van der Waals surface area contributed by atoms with Crippen LogP contribution in [0.4, 0.5) is 4.39 Å². The lowest BCUT2D eigenvalue weighted by Crippen LogP contribution is -1.98. The molecule has 0 aromatic carbocycles. The molecule has 0 aliphatic carbocycles. The fraction of sp³-hybridized carbons (Fsp3) is 1.00. The minimum atomic E-state index is -0.534. The predicted molar refractivity (Wildman–Crippen MR) is 85.5 cm³/mol. The molecule has 0 aromatic heterocycles. The molecule has 0 amide bonds. The second-order valence-electron chi connectivity index (χ2n) is 6.06. The van der Waals surface area contributed by atoms with Crippen molar-refractivity contribution in [2.45, 2.75) is 116 Å². The van der Waals surface area contributed by atoms with Gasteiger partial charge in [0.05, 0.1) is 0 Å². The van der Waals surface area contributed by atoms with Gasteiger partial charge < -0.3 is 0 Å². The van der Waals surface area contributed by atoms with E-state index in [0.29, 0.717) is 0 Å². The highest BCUT2D eigenvalue weighted by molar-refractivity contribution is 4.56. The molecular weight excluding hydrogens is 235 g/mol. The maximum atomic E-state index is 13.2. The first-order valence-corrected chi connectivity index (χ1v) is 8.95. The number of rotatable bonds is 15. The highest BCUT2D eigenvalue weighted by Crippen LogP contribution is 2.15. The van der Waals surface area contributed by atoms with Crippen LogP contribution in [0.3, 0.4) is 0 Å². The Labute approximate surface area is 121 Å². The molecule has 0 aliphatic rings. The third-order valence-corrected chi connectivity index (χ3v) is 3.97. The van der Waals surface area contributed by atoms with E-state index in [-0.39, 0.29) is 0 Å². The van der Waals surface area contributed by atoms with Crippen LogP contribution in [0, 0.1) is 0 Å². The fourth-order valence-corrected chi connectivity index (χ4v) is 2.66. The van der Waals surface area contributed by atoms with Crippen molar-refractivity contribution in [1.29, 1.82) is 0 Å². The van der Waals surface area contributed by atoms with E-state index >= 15 is 0 Å². The molecule has 0 aromatic rings. The molecule has 0 rings (SSSR count). The zero-order valence-corrected chi connectivity index (χ0v) is 13.6. The van der Waals surface area contributed by atoms with Crippen LogP contribution in [0.5, 0.6) is 0 Å². The summed E-state index contributed by atoms with van der Waals surface area (Å²) in [5, 5.41) is 0. The van der Waals surface area contributed by atoms with Gasteiger partial charge in [0.25, 0.3) is 0 Å². The summed E-state index contributed by atoms with van der Waals surface area (Å²) in [5.41, 5.74) is 0. The molecule has 19 heavy (non-hydrogen) atoms. The second kappa shape index (κ2) is 16.0. The van der Waals surface area contributed by atoms with Gasteiger partial charge in [0.15, 0.2) is 0 Å².